The molecule has 1 aliphatic rings. The third-order valence-electron chi connectivity index (χ3n) is 3.54. The summed E-state index contributed by atoms with van der Waals surface area (Å²) >= 11 is 0. The number of aromatic nitrogens is 2. The van der Waals surface area contributed by atoms with Crippen LogP contribution in [0.2, 0.25) is 0 Å². The Morgan fingerprint density at radius 2 is 2.29 bits per heavy atom. The van der Waals surface area contributed by atoms with E-state index in [4.69, 9.17) is 5.73 Å². The van der Waals surface area contributed by atoms with Gasteiger partial charge in [0.15, 0.2) is 0 Å². The maximum Gasteiger partial charge on any atom is 0.315 e. The van der Waals surface area contributed by atoms with Crippen molar-refractivity contribution in [2.75, 3.05) is 0 Å². The molecule has 0 aliphatic heterocycles. The van der Waals surface area contributed by atoms with E-state index < -0.39 is 11.4 Å². The van der Waals surface area contributed by atoms with Crippen LogP contribution in [0.25, 0.3) is 5.65 Å². The molecule has 5 nitrogen and oxygen atoms in total. The van der Waals surface area contributed by atoms with Crippen molar-refractivity contribution in [2.24, 2.45) is 5.73 Å². The minimum absolute atomic E-state index is 0.0274. The van der Waals surface area contributed by atoms with Crippen LogP contribution in [0.5, 0.6) is 0 Å². The molecule has 0 saturated heterocycles. The third-order valence-corrected chi connectivity index (χ3v) is 3.54. The van der Waals surface area contributed by atoms with Crippen LogP contribution in [-0.2, 0) is 10.2 Å². The van der Waals surface area contributed by atoms with Crippen molar-refractivity contribution in [3.63, 3.8) is 0 Å². The van der Waals surface area contributed by atoms with Gasteiger partial charge in [0.25, 0.3) is 0 Å². The van der Waals surface area contributed by atoms with Gasteiger partial charge >= 0.3 is 5.97 Å². The summed E-state index contributed by atoms with van der Waals surface area (Å²) in [6.07, 6.45) is 4.44. The smallest absolute Gasteiger partial charge is 0.315 e. The number of nitrogens with zero attached hydrogens (tertiary/aromatic N) is 2. The molecule has 5 heteroatoms. The molecule has 0 aromatic carbocycles. The van der Waals surface area contributed by atoms with Crippen LogP contribution in [0.3, 0.4) is 0 Å². The summed E-state index contributed by atoms with van der Waals surface area (Å²) in [7, 11) is 0. The van der Waals surface area contributed by atoms with Crippen LogP contribution in [0.15, 0.2) is 30.6 Å². The molecule has 0 spiro atoms. The van der Waals surface area contributed by atoms with E-state index in [1.807, 2.05) is 28.8 Å². The van der Waals surface area contributed by atoms with Gasteiger partial charge in [0, 0.05) is 12.2 Å². The molecular formula is C12H13N3O2. The number of pyridine rings is 1. The van der Waals surface area contributed by atoms with Gasteiger partial charge in [0.2, 0.25) is 0 Å². The minimum Gasteiger partial charge on any atom is -0.481 e. The standard InChI is InChI=1S/C12H13N3O2/c13-8-5-12(6-8,11(16)17)9-7-14-10-3-1-2-4-15(9)10/h1-4,7-8H,5-6,13H2,(H,16,17). The average Bonchev–Trinajstić information content (AvgIpc) is 2.68. The van der Waals surface area contributed by atoms with E-state index in [1.165, 1.54) is 0 Å². The van der Waals surface area contributed by atoms with E-state index in [-0.39, 0.29) is 6.04 Å². The summed E-state index contributed by atoms with van der Waals surface area (Å²) < 4.78 is 1.83. The fraction of sp³-hybridized carbons (Fsp3) is 0.333. The van der Waals surface area contributed by atoms with Crippen molar-refractivity contribution >= 4 is 11.6 Å². The van der Waals surface area contributed by atoms with E-state index >= 15 is 0 Å². The number of aliphatic carboxylic acids is 1. The zero-order valence-electron chi connectivity index (χ0n) is 9.21. The molecule has 17 heavy (non-hydrogen) atoms. The summed E-state index contributed by atoms with van der Waals surface area (Å²) in [6, 6.07) is 5.58. The molecular weight excluding hydrogens is 218 g/mol. The number of hydrogen-bond acceptors (Lipinski definition) is 3. The Kier molecular flexibility index (Phi) is 2.00. The minimum atomic E-state index is -0.861. The molecule has 0 atom stereocenters. The quantitative estimate of drug-likeness (QED) is 0.800. The lowest BCUT2D eigenvalue weighted by Gasteiger charge is -2.42. The van der Waals surface area contributed by atoms with E-state index in [0.717, 1.165) is 11.3 Å². The average molecular weight is 231 g/mol. The maximum absolute atomic E-state index is 11.5. The lowest BCUT2D eigenvalue weighted by molar-refractivity contribution is -0.148. The first-order valence-electron chi connectivity index (χ1n) is 5.55. The molecule has 1 fully saturated rings. The van der Waals surface area contributed by atoms with E-state index in [9.17, 15) is 9.90 Å². The molecule has 0 amide bonds. The largest absolute Gasteiger partial charge is 0.481 e. The number of rotatable bonds is 2. The van der Waals surface area contributed by atoms with Gasteiger partial charge in [-0.05, 0) is 25.0 Å². The summed E-state index contributed by atoms with van der Waals surface area (Å²) in [5.74, 6) is -0.815. The van der Waals surface area contributed by atoms with Crippen LogP contribution in [0.4, 0.5) is 0 Å². The zero-order valence-corrected chi connectivity index (χ0v) is 9.21. The van der Waals surface area contributed by atoms with Crippen LogP contribution in [-0.4, -0.2) is 26.5 Å². The molecule has 3 N–H and O–H groups in total. The Bertz CT molecular complexity index is 584. The Balaban J connectivity index is 2.17. The molecule has 2 heterocycles. The summed E-state index contributed by atoms with van der Waals surface area (Å²) in [5, 5.41) is 9.44. The van der Waals surface area contributed by atoms with Gasteiger partial charge in [-0.3, -0.25) is 4.79 Å². The number of imidazole rings is 1. The number of carbonyl (C=O) groups is 1. The highest BCUT2D eigenvalue weighted by Gasteiger charge is 2.52. The van der Waals surface area contributed by atoms with Gasteiger partial charge in [-0.1, -0.05) is 6.07 Å². The second kappa shape index (κ2) is 3.30. The van der Waals surface area contributed by atoms with Crippen LogP contribution < -0.4 is 5.73 Å². The van der Waals surface area contributed by atoms with E-state index in [0.29, 0.717) is 12.8 Å². The van der Waals surface area contributed by atoms with Crippen LogP contribution in [0.1, 0.15) is 18.5 Å². The van der Waals surface area contributed by atoms with Crippen molar-refractivity contribution in [3.8, 4) is 0 Å². The monoisotopic (exact) mass is 231 g/mol. The van der Waals surface area contributed by atoms with E-state index in [1.54, 1.807) is 6.20 Å². The molecule has 0 unspecified atom stereocenters. The van der Waals surface area contributed by atoms with Gasteiger partial charge in [-0.25, -0.2) is 4.98 Å². The Hall–Kier alpha value is -1.88. The first kappa shape index (κ1) is 10.3. The highest BCUT2D eigenvalue weighted by atomic mass is 16.4. The molecule has 0 bridgehead atoms. The maximum atomic E-state index is 11.5. The number of carboxylic acid groups (broad SMARTS) is 1. The zero-order chi connectivity index (χ0) is 12.0. The highest BCUT2D eigenvalue weighted by Crippen LogP contribution is 2.43. The fourth-order valence-electron chi connectivity index (χ4n) is 2.62. The number of nitrogens with two attached hydrogens (primary N) is 1. The van der Waals surface area contributed by atoms with Gasteiger partial charge in [0.05, 0.1) is 11.9 Å². The van der Waals surface area contributed by atoms with E-state index in [2.05, 4.69) is 4.98 Å². The molecule has 0 radical (unpaired) electrons. The summed E-state index contributed by atoms with van der Waals surface area (Å²) in [5.41, 5.74) is 6.38. The van der Waals surface area contributed by atoms with Gasteiger partial charge in [-0.15, -0.1) is 0 Å². The topological polar surface area (TPSA) is 80.6 Å². The third kappa shape index (κ3) is 1.29. The molecule has 88 valence electrons. The molecule has 3 rings (SSSR count). The number of fused-ring (bicyclic) bond motifs is 1. The first-order valence-corrected chi connectivity index (χ1v) is 5.55. The summed E-state index contributed by atoms with van der Waals surface area (Å²) in [4.78, 5) is 15.7. The van der Waals surface area contributed by atoms with Crippen LogP contribution in [0, 0.1) is 0 Å². The first-order chi connectivity index (χ1) is 8.13. The van der Waals surface area contributed by atoms with Crippen molar-refractivity contribution in [3.05, 3.63) is 36.3 Å². The van der Waals surface area contributed by atoms with Gasteiger partial charge in [0.1, 0.15) is 11.1 Å². The van der Waals surface area contributed by atoms with Crippen molar-refractivity contribution in [1.29, 1.82) is 0 Å². The molecule has 1 saturated carbocycles. The summed E-state index contributed by atoms with van der Waals surface area (Å²) in [6.45, 7) is 0. The van der Waals surface area contributed by atoms with Crippen molar-refractivity contribution in [1.82, 2.24) is 9.38 Å². The molecule has 1 aliphatic carbocycles. The Labute approximate surface area is 97.9 Å². The second-order valence-electron chi connectivity index (χ2n) is 4.63. The van der Waals surface area contributed by atoms with Crippen molar-refractivity contribution < 1.29 is 9.90 Å². The predicted octanol–water partition coefficient (Wildman–Crippen LogP) is 0.778. The van der Waals surface area contributed by atoms with Gasteiger partial charge < -0.3 is 15.2 Å². The lowest BCUT2D eigenvalue weighted by Crippen LogP contribution is -2.54. The Morgan fingerprint density at radius 1 is 1.53 bits per heavy atom. The number of hydrogen-bond donors (Lipinski definition) is 2. The SMILES string of the molecule is NC1CC(C(=O)O)(c2cnc3ccccn23)C1. The van der Waals surface area contributed by atoms with Crippen molar-refractivity contribution in [2.45, 2.75) is 24.3 Å². The van der Waals surface area contributed by atoms with Gasteiger partial charge in [-0.2, -0.15) is 0 Å². The van der Waals surface area contributed by atoms with Crippen LogP contribution >= 0.6 is 0 Å². The predicted molar refractivity (Wildman–Crippen MR) is 61.7 cm³/mol. The number of carboxylic acids is 1. The molecule has 2 aromatic rings. The highest BCUT2D eigenvalue weighted by molar-refractivity contribution is 5.82. The Morgan fingerprint density at radius 3 is 2.94 bits per heavy atom. The second-order valence-corrected chi connectivity index (χ2v) is 4.63. The fourth-order valence-corrected chi connectivity index (χ4v) is 2.62. The lowest BCUT2D eigenvalue weighted by atomic mass is 9.64. The molecule has 2 aromatic heterocycles. The normalized spacial score (nSPS) is 27.9.